The van der Waals surface area contributed by atoms with E-state index in [9.17, 15) is 9.59 Å². The molecule has 0 aromatic rings. The monoisotopic (exact) mass is 228 g/mol. The van der Waals surface area contributed by atoms with Crippen molar-refractivity contribution in [3.63, 3.8) is 0 Å². The molecular weight excluding hydrogens is 208 g/mol. The molecule has 0 bridgehead atoms. The number of carboxylic acids is 1. The molecule has 92 valence electrons. The lowest BCUT2D eigenvalue weighted by Crippen LogP contribution is -2.45. The summed E-state index contributed by atoms with van der Waals surface area (Å²) in [5.74, 6) is -0.950. The number of nitrogens with one attached hydrogen (secondary N) is 2. The Labute approximate surface area is 95.6 Å². The first-order chi connectivity index (χ1) is 7.43. The summed E-state index contributed by atoms with van der Waals surface area (Å²) in [6.07, 6.45) is 1.88. The summed E-state index contributed by atoms with van der Waals surface area (Å²) < 4.78 is 0. The van der Waals surface area contributed by atoms with Crippen molar-refractivity contribution < 1.29 is 14.7 Å². The molecule has 1 aliphatic heterocycles. The first kappa shape index (κ1) is 13.0. The maximum atomic E-state index is 11.7. The zero-order chi connectivity index (χ0) is 12.2. The van der Waals surface area contributed by atoms with Gasteiger partial charge in [0.1, 0.15) is 0 Å². The molecule has 1 amide bonds. The van der Waals surface area contributed by atoms with E-state index in [4.69, 9.17) is 5.11 Å². The van der Waals surface area contributed by atoms with Crippen LogP contribution in [0.5, 0.6) is 0 Å². The molecule has 1 saturated heterocycles. The molecule has 16 heavy (non-hydrogen) atoms. The number of carbonyl (C=O) groups excluding carboxylic acids is 1. The highest BCUT2D eigenvalue weighted by atomic mass is 16.4. The van der Waals surface area contributed by atoms with Crippen LogP contribution in [-0.2, 0) is 9.59 Å². The summed E-state index contributed by atoms with van der Waals surface area (Å²) >= 11 is 0. The van der Waals surface area contributed by atoms with Gasteiger partial charge in [0.2, 0.25) is 5.91 Å². The number of carboxylic acid groups (broad SMARTS) is 1. The maximum Gasteiger partial charge on any atom is 0.310 e. The lowest BCUT2D eigenvalue weighted by molar-refractivity contribution is -0.146. The van der Waals surface area contributed by atoms with E-state index in [1.54, 1.807) is 13.8 Å². The Balaban J connectivity index is 2.37. The quantitative estimate of drug-likeness (QED) is 0.643. The molecule has 0 aromatic carbocycles. The van der Waals surface area contributed by atoms with Crippen LogP contribution in [0, 0.1) is 11.3 Å². The van der Waals surface area contributed by atoms with Gasteiger partial charge in [0.05, 0.1) is 11.3 Å². The third-order valence-electron chi connectivity index (χ3n) is 2.95. The minimum Gasteiger partial charge on any atom is -0.481 e. The van der Waals surface area contributed by atoms with Gasteiger partial charge in [-0.05, 0) is 33.2 Å². The van der Waals surface area contributed by atoms with E-state index >= 15 is 0 Å². The molecule has 1 heterocycles. The second-order valence-corrected chi connectivity index (χ2v) is 4.95. The summed E-state index contributed by atoms with van der Waals surface area (Å²) in [6, 6.07) is 0. The summed E-state index contributed by atoms with van der Waals surface area (Å²) in [7, 11) is 0. The van der Waals surface area contributed by atoms with Gasteiger partial charge < -0.3 is 15.7 Å². The van der Waals surface area contributed by atoms with Crippen LogP contribution in [0.3, 0.4) is 0 Å². The second kappa shape index (κ2) is 5.30. The van der Waals surface area contributed by atoms with E-state index in [1.807, 2.05) is 0 Å². The molecular formula is C11H20N2O3. The highest BCUT2D eigenvalue weighted by molar-refractivity contribution is 5.80. The molecule has 0 aliphatic carbocycles. The van der Waals surface area contributed by atoms with Crippen molar-refractivity contribution in [3.8, 4) is 0 Å². The molecule has 0 radical (unpaired) electrons. The molecule has 0 spiro atoms. The number of amides is 1. The minimum atomic E-state index is -0.905. The van der Waals surface area contributed by atoms with Crippen LogP contribution in [0.15, 0.2) is 0 Å². The van der Waals surface area contributed by atoms with Crippen LogP contribution in [0.4, 0.5) is 0 Å². The molecule has 1 atom stereocenters. The predicted octanol–water partition coefficient (Wildman–Crippen LogP) is 0.213. The van der Waals surface area contributed by atoms with Crippen molar-refractivity contribution in [3.05, 3.63) is 0 Å². The highest BCUT2D eigenvalue weighted by Gasteiger charge is 2.29. The van der Waals surface area contributed by atoms with Gasteiger partial charge in [-0.25, -0.2) is 0 Å². The Morgan fingerprint density at radius 2 is 2.19 bits per heavy atom. The van der Waals surface area contributed by atoms with Gasteiger partial charge in [0.15, 0.2) is 0 Å². The molecule has 5 nitrogen and oxygen atoms in total. The first-order valence-corrected chi connectivity index (χ1v) is 5.65. The zero-order valence-corrected chi connectivity index (χ0v) is 9.88. The summed E-state index contributed by atoms with van der Waals surface area (Å²) in [5.41, 5.74) is -0.905. The van der Waals surface area contributed by atoms with Gasteiger partial charge in [0.25, 0.3) is 0 Å². The SMILES string of the molecule is CC(C)(CNC(=O)[C@@H]1CCCNC1)C(=O)O. The number of aliphatic carboxylic acids is 1. The second-order valence-electron chi connectivity index (χ2n) is 4.95. The van der Waals surface area contributed by atoms with Crippen LogP contribution in [-0.4, -0.2) is 36.6 Å². The molecule has 1 rings (SSSR count). The first-order valence-electron chi connectivity index (χ1n) is 5.65. The van der Waals surface area contributed by atoms with Gasteiger partial charge in [-0.15, -0.1) is 0 Å². The number of carbonyl (C=O) groups is 2. The van der Waals surface area contributed by atoms with Gasteiger partial charge in [-0.3, -0.25) is 9.59 Å². The van der Waals surface area contributed by atoms with Crippen LogP contribution in [0.25, 0.3) is 0 Å². The standard InChI is InChI=1S/C11H20N2O3/c1-11(2,10(15)16)7-13-9(14)8-4-3-5-12-6-8/h8,12H,3-7H2,1-2H3,(H,13,14)(H,15,16)/t8-/m1/s1. The van der Waals surface area contributed by atoms with Crippen LogP contribution >= 0.6 is 0 Å². The molecule has 0 unspecified atom stereocenters. The Morgan fingerprint density at radius 1 is 1.50 bits per heavy atom. The fourth-order valence-corrected chi connectivity index (χ4v) is 1.60. The van der Waals surface area contributed by atoms with E-state index in [-0.39, 0.29) is 18.4 Å². The van der Waals surface area contributed by atoms with E-state index in [0.717, 1.165) is 19.4 Å². The molecule has 3 N–H and O–H groups in total. The molecule has 0 aromatic heterocycles. The average Bonchev–Trinajstić information content (AvgIpc) is 2.27. The predicted molar refractivity (Wildman–Crippen MR) is 60.0 cm³/mol. The largest absolute Gasteiger partial charge is 0.481 e. The normalized spacial score (nSPS) is 21.5. The van der Waals surface area contributed by atoms with Crippen LogP contribution in [0.2, 0.25) is 0 Å². The molecule has 5 heteroatoms. The number of piperidine rings is 1. The smallest absolute Gasteiger partial charge is 0.310 e. The Kier molecular flexibility index (Phi) is 4.29. The van der Waals surface area contributed by atoms with Crippen LogP contribution in [0.1, 0.15) is 26.7 Å². The van der Waals surface area contributed by atoms with Gasteiger partial charge in [-0.2, -0.15) is 0 Å². The lowest BCUT2D eigenvalue weighted by atomic mass is 9.93. The van der Waals surface area contributed by atoms with E-state index < -0.39 is 11.4 Å². The molecule has 1 fully saturated rings. The molecule has 1 aliphatic rings. The Hall–Kier alpha value is -1.10. The minimum absolute atomic E-state index is 0.0154. The van der Waals surface area contributed by atoms with E-state index in [2.05, 4.69) is 10.6 Å². The van der Waals surface area contributed by atoms with Crippen LogP contribution < -0.4 is 10.6 Å². The van der Waals surface area contributed by atoms with E-state index in [0.29, 0.717) is 6.54 Å². The van der Waals surface area contributed by atoms with Crippen molar-refractivity contribution >= 4 is 11.9 Å². The zero-order valence-electron chi connectivity index (χ0n) is 9.88. The summed E-state index contributed by atoms with van der Waals surface area (Å²) in [5, 5.41) is 14.8. The third kappa shape index (κ3) is 3.48. The fourth-order valence-electron chi connectivity index (χ4n) is 1.60. The lowest BCUT2D eigenvalue weighted by Gasteiger charge is -2.25. The molecule has 0 saturated carbocycles. The van der Waals surface area contributed by atoms with Gasteiger partial charge >= 0.3 is 5.97 Å². The summed E-state index contributed by atoms with van der Waals surface area (Å²) in [6.45, 7) is 5.05. The fraction of sp³-hybridized carbons (Fsp3) is 0.818. The van der Waals surface area contributed by atoms with Crippen molar-refractivity contribution in [1.29, 1.82) is 0 Å². The number of rotatable bonds is 4. The number of hydrogen-bond acceptors (Lipinski definition) is 3. The summed E-state index contributed by atoms with van der Waals surface area (Å²) in [4.78, 5) is 22.6. The Morgan fingerprint density at radius 3 is 2.69 bits per heavy atom. The highest BCUT2D eigenvalue weighted by Crippen LogP contribution is 2.15. The third-order valence-corrected chi connectivity index (χ3v) is 2.95. The Bertz CT molecular complexity index is 270. The van der Waals surface area contributed by atoms with Crippen molar-refractivity contribution in [2.24, 2.45) is 11.3 Å². The van der Waals surface area contributed by atoms with E-state index in [1.165, 1.54) is 0 Å². The van der Waals surface area contributed by atoms with Crippen molar-refractivity contribution in [2.45, 2.75) is 26.7 Å². The van der Waals surface area contributed by atoms with Crippen molar-refractivity contribution in [1.82, 2.24) is 10.6 Å². The number of hydrogen-bond donors (Lipinski definition) is 3. The average molecular weight is 228 g/mol. The maximum absolute atomic E-state index is 11.7. The topological polar surface area (TPSA) is 78.4 Å². The van der Waals surface area contributed by atoms with Gasteiger partial charge in [0, 0.05) is 13.1 Å². The van der Waals surface area contributed by atoms with Crippen molar-refractivity contribution in [2.75, 3.05) is 19.6 Å². The van der Waals surface area contributed by atoms with Gasteiger partial charge in [-0.1, -0.05) is 0 Å².